The van der Waals surface area contributed by atoms with Gasteiger partial charge in [0, 0.05) is 5.02 Å². The van der Waals surface area contributed by atoms with Crippen LogP contribution in [0.2, 0.25) is 5.02 Å². The number of hydrogen-bond donors (Lipinski definition) is 2. The lowest BCUT2D eigenvalue weighted by Gasteiger charge is -2.18. The molecule has 0 aliphatic carbocycles. The lowest BCUT2D eigenvalue weighted by Crippen LogP contribution is -2.16. The van der Waals surface area contributed by atoms with E-state index in [1.165, 1.54) is 49.4 Å². The number of nitrogens with one attached hydrogen (secondary N) is 1. The van der Waals surface area contributed by atoms with E-state index in [0.29, 0.717) is 10.6 Å². The quantitative estimate of drug-likeness (QED) is 0.536. The largest absolute Gasteiger partial charge is 0.507 e. The van der Waals surface area contributed by atoms with Gasteiger partial charge >= 0.3 is 0 Å². The van der Waals surface area contributed by atoms with Crippen LogP contribution < -0.4 is 4.72 Å². The first-order chi connectivity index (χ1) is 13.9. The second kappa shape index (κ2) is 7.94. The van der Waals surface area contributed by atoms with E-state index in [1.807, 2.05) is 6.92 Å². The Labute approximate surface area is 181 Å². The highest BCUT2D eigenvalue weighted by atomic mass is 35.5. The third-order valence-corrected chi connectivity index (χ3v) is 8.22. The van der Waals surface area contributed by atoms with Gasteiger partial charge in [-0.2, -0.15) is 0 Å². The first kappa shape index (κ1) is 22.1. The van der Waals surface area contributed by atoms with Crippen LogP contribution >= 0.6 is 11.6 Å². The number of sulfonamides is 1. The molecule has 0 aliphatic rings. The summed E-state index contributed by atoms with van der Waals surface area (Å²) in [7, 11) is -8.09. The summed E-state index contributed by atoms with van der Waals surface area (Å²) in [6.45, 7) is 4.86. The molecule has 0 radical (unpaired) electrons. The lowest BCUT2D eigenvalue weighted by atomic mass is 10.1. The number of rotatable bonds is 5. The fourth-order valence-electron chi connectivity index (χ4n) is 3.08. The maximum Gasteiger partial charge on any atom is 0.261 e. The molecule has 0 bridgehead atoms. The monoisotopic (exact) mass is 465 g/mol. The average Bonchev–Trinajstić information content (AvgIpc) is 2.65. The molecular weight excluding hydrogens is 446 g/mol. The zero-order valence-electron chi connectivity index (χ0n) is 16.5. The molecule has 0 aromatic heterocycles. The number of halogens is 1. The molecule has 158 valence electrons. The van der Waals surface area contributed by atoms with Crippen molar-refractivity contribution >= 4 is 37.1 Å². The van der Waals surface area contributed by atoms with Crippen LogP contribution in [0.1, 0.15) is 16.7 Å². The molecule has 6 nitrogen and oxygen atoms in total. The van der Waals surface area contributed by atoms with E-state index in [9.17, 15) is 21.9 Å². The second-order valence-corrected chi connectivity index (χ2v) is 10.9. The van der Waals surface area contributed by atoms with Gasteiger partial charge in [-0.15, -0.1) is 0 Å². The predicted molar refractivity (Wildman–Crippen MR) is 116 cm³/mol. The minimum absolute atomic E-state index is 0.00172. The summed E-state index contributed by atoms with van der Waals surface area (Å²) in [5.74, 6) is -0.444. The van der Waals surface area contributed by atoms with E-state index in [2.05, 4.69) is 4.72 Å². The van der Waals surface area contributed by atoms with Crippen LogP contribution in [-0.4, -0.2) is 21.9 Å². The Hall–Kier alpha value is -2.55. The number of benzene rings is 3. The van der Waals surface area contributed by atoms with Gasteiger partial charge in [0.2, 0.25) is 9.84 Å². The second-order valence-electron chi connectivity index (χ2n) is 6.92. The van der Waals surface area contributed by atoms with Gasteiger partial charge in [-0.25, -0.2) is 16.8 Å². The van der Waals surface area contributed by atoms with Gasteiger partial charge in [0.05, 0.1) is 15.5 Å². The standard InChI is InChI=1S/C21H20ClNO5S2/c1-13-4-8-17(9-5-13)29(25,26)21-15(3)20(14(2)12-19(21)24)23-30(27,28)18-10-6-16(22)7-11-18/h4-12,23-24H,1-3H3. The van der Waals surface area contributed by atoms with Crippen LogP contribution in [0.5, 0.6) is 5.75 Å². The van der Waals surface area contributed by atoms with Crippen LogP contribution in [0, 0.1) is 20.8 Å². The molecule has 0 fully saturated rings. The van der Waals surface area contributed by atoms with E-state index >= 15 is 0 Å². The number of sulfone groups is 1. The van der Waals surface area contributed by atoms with E-state index in [1.54, 1.807) is 19.1 Å². The fourth-order valence-corrected chi connectivity index (χ4v) is 5.97. The van der Waals surface area contributed by atoms with Gasteiger partial charge in [-0.05, 0) is 74.4 Å². The normalized spacial score (nSPS) is 12.0. The minimum Gasteiger partial charge on any atom is -0.507 e. The summed E-state index contributed by atoms with van der Waals surface area (Å²) in [6.07, 6.45) is 0. The molecule has 0 spiro atoms. The summed E-state index contributed by atoms with van der Waals surface area (Å²) in [5, 5.41) is 10.8. The van der Waals surface area contributed by atoms with Crippen molar-refractivity contribution in [1.82, 2.24) is 0 Å². The highest BCUT2D eigenvalue weighted by Crippen LogP contribution is 2.38. The van der Waals surface area contributed by atoms with Crippen LogP contribution in [0.25, 0.3) is 0 Å². The van der Waals surface area contributed by atoms with Crippen LogP contribution in [0.3, 0.4) is 0 Å². The van der Waals surface area contributed by atoms with E-state index in [4.69, 9.17) is 11.6 Å². The highest BCUT2D eigenvalue weighted by Gasteiger charge is 2.28. The van der Waals surface area contributed by atoms with Gasteiger partial charge in [0.15, 0.2) is 0 Å². The Morgan fingerprint density at radius 1 is 0.833 bits per heavy atom. The predicted octanol–water partition coefficient (Wildman–Crippen LogP) is 4.60. The van der Waals surface area contributed by atoms with Crippen molar-refractivity contribution in [2.45, 2.75) is 35.5 Å². The Balaban J connectivity index is 2.14. The van der Waals surface area contributed by atoms with Gasteiger partial charge in [0.25, 0.3) is 10.0 Å². The minimum atomic E-state index is -4.08. The molecule has 3 rings (SSSR count). The number of phenols is 1. The lowest BCUT2D eigenvalue weighted by molar-refractivity contribution is 0.457. The molecule has 0 saturated carbocycles. The molecule has 30 heavy (non-hydrogen) atoms. The van der Waals surface area contributed by atoms with Crippen LogP contribution in [-0.2, 0) is 19.9 Å². The summed E-state index contributed by atoms with van der Waals surface area (Å²) in [6, 6.07) is 13.0. The topological polar surface area (TPSA) is 101 Å². The van der Waals surface area contributed by atoms with Crippen LogP contribution in [0.15, 0.2) is 69.3 Å². The average molecular weight is 466 g/mol. The molecule has 0 heterocycles. The summed E-state index contributed by atoms with van der Waals surface area (Å²) >= 11 is 5.82. The van der Waals surface area contributed by atoms with E-state index in [-0.39, 0.29) is 25.9 Å². The summed E-state index contributed by atoms with van der Waals surface area (Å²) < 4.78 is 54.4. The van der Waals surface area contributed by atoms with Gasteiger partial charge in [-0.3, -0.25) is 4.72 Å². The summed E-state index contributed by atoms with van der Waals surface area (Å²) in [5.41, 5.74) is 1.46. The molecule has 0 aliphatic heterocycles. The molecule has 9 heteroatoms. The van der Waals surface area contributed by atoms with Gasteiger partial charge < -0.3 is 5.11 Å². The Bertz CT molecular complexity index is 1320. The van der Waals surface area contributed by atoms with Gasteiger partial charge in [0.1, 0.15) is 10.6 Å². The summed E-state index contributed by atoms with van der Waals surface area (Å²) in [4.78, 5) is -0.366. The zero-order valence-corrected chi connectivity index (χ0v) is 18.9. The molecule has 3 aromatic rings. The molecule has 2 N–H and O–H groups in total. The number of aryl methyl sites for hydroxylation is 2. The van der Waals surface area contributed by atoms with Crippen molar-refractivity contribution in [2.24, 2.45) is 0 Å². The van der Waals surface area contributed by atoms with Crippen molar-refractivity contribution in [2.75, 3.05) is 4.72 Å². The molecule has 0 amide bonds. The molecule has 3 aromatic carbocycles. The number of phenolic OH excluding ortho intramolecular Hbond substituents is 1. The smallest absolute Gasteiger partial charge is 0.261 e. The Morgan fingerprint density at radius 3 is 1.93 bits per heavy atom. The molecule has 0 atom stereocenters. The van der Waals surface area contributed by atoms with E-state index in [0.717, 1.165) is 5.56 Å². The maximum atomic E-state index is 13.2. The number of aromatic hydroxyl groups is 1. The van der Waals surface area contributed by atoms with Crippen molar-refractivity contribution in [3.8, 4) is 5.75 Å². The van der Waals surface area contributed by atoms with Gasteiger partial charge in [-0.1, -0.05) is 29.3 Å². The first-order valence-electron chi connectivity index (χ1n) is 8.87. The number of anilines is 1. The zero-order chi connectivity index (χ0) is 22.3. The van der Waals surface area contributed by atoms with Crippen molar-refractivity contribution in [3.05, 3.63) is 76.3 Å². The van der Waals surface area contributed by atoms with Crippen molar-refractivity contribution in [1.29, 1.82) is 0 Å². The third-order valence-electron chi connectivity index (χ3n) is 4.66. The van der Waals surface area contributed by atoms with E-state index < -0.39 is 25.6 Å². The first-order valence-corrected chi connectivity index (χ1v) is 12.2. The Kier molecular flexibility index (Phi) is 5.86. The fraction of sp³-hybridized carbons (Fsp3) is 0.143. The van der Waals surface area contributed by atoms with Crippen LogP contribution in [0.4, 0.5) is 5.69 Å². The maximum absolute atomic E-state index is 13.2. The molecule has 0 unspecified atom stereocenters. The van der Waals surface area contributed by atoms with Crippen molar-refractivity contribution in [3.63, 3.8) is 0 Å². The van der Waals surface area contributed by atoms with Crippen molar-refractivity contribution < 1.29 is 21.9 Å². The highest BCUT2D eigenvalue weighted by molar-refractivity contribution is 7.93. The SMILES string of the molecule is Cc1ccc(S(=O)(=O)c2c(O)cc(C)c(NS(=O)(=O)c3ccc(Cl)cc3)c2C)cc1. The molecular formula is C21H20ClNO5S2. The third kappa shape index (κ3) is 4.16. The molecule has 0 saturated heterocycles. The Morgan fingerprint density at radius 2 is 1.37 bits per heavy atom. The number of hydrogen-bond acceptors (Lipinski definition) is 5.